The lowest BCUT2D eigenvalue weighted by molar-refractivity contribution is 0.452. The van der Waals surface area contributed by atoms with Crippen molar-refractivity contribution in [3.8, 4) is 0 Å². The van der Waals surface area contributed by atoms with Gasteiger partial charge in [0.05, 0.1) is 11.3 Å². The minimum Gasteiger partial charge on any atom is -0.467 e. The van der Waals surface area contributed by atoms with Crippen LogP contribution in [0.25, 0.3) is 0 Å². The van der Waals surface area contributed by atoms with E-state index in [4.69, 9.17) is 21.9 Å². The SMILES string of the molecule is NNC(c1ccc(Br)c(Cl)c1)c1ccco1. The van der Waals surface area contributed by atoms with Gasteiger partial charge in [-0.25, -0.2) is 5.43 Å². The summed E-state index contributed by atoms with van der Waals surface area (Å²) in [6.45, 7) is 0. The van der Waals surface area contributed by atoms with E-state index in [1.807, 2.05) is 30.3 Å². The predicted octanol–water partition coefficient (Wildman–Crippen LogP) is 3.25. The maximum absolute atomic E-state index is 6.03. The molecule has 84 valence electrons. The van der Waals surface area contributed by atoms with Crippen LogP contribution in [0.15, 0.2) is 45.5 Å². The summed E-state index contributed by atoms with van der Waals surface area (Å²) in [5.74, 6) is 6.27. The zero-order valence-electron chi connectivity index (χ0n) is 8.28. The number of halogens is 2. The summed E-state index contributed by atoms with van der Waals surface area (Å²) in [6, 6.07) is 9.15. The highest BCUT2D eigenvalue weighted by molar-refractivity contribution is 9.10. The summed E-state index contributed by atoms with van der Waals surface area (Å²) in [5, 5.41) is 0.643. The van der Waals surface area contributed by atoms with Gasteiger partial charge in [0.25, 0.3) is 0 Å². The van der Waals surface area contributed by atoms with Crippen LogP contribution in [0.1, 0.15) is 17.4 Å². The van der Waals surface area contributed by atoms with E-state index in [1.165, 1.54) is 0 Å². The van der Waals surface area contributed by atoms with Gasteiger partial charge in [-0.05, 0) is 45.8 Å². The minimum atomic E-state index is -0.194. The normalized spacial score (nSPS) is 12.7. The zero-order chi connectivity index (χ0) is 11.5. The van der Waals surface area contributed by atoms with Gasteiger partial charge in [-0.1, -0.05) is 17.7 Å². The third-order valence-corrected chi connectivity index (χ3v) is 3.50. The monoisotopic (exact) mass is 300 g/mol. The Balaban J connectivity index is 2.37. The second-order valence-corrected chi connectivity index (χ2v) is 4.55. The number of hydrogen-bond acceptors (Lipinski definition) is 3. The highest BCUT2D eigenvalue weighted by atomic mass is 79.9. The summed E-state index contributed by atoms with van der Waals surface area (Å²) in [4.78, 5) is 0. The topological polar surface area (TPSA) is 51.2 Å². The zero-order valence-corrected chi connectivity index (χ0v) is 10.6. The average Bonchev–Trinajstić information content (AvgIpc) is 2.78. The summed E-state index contributed by atoms with van der Waals surface area (Å²) >= 11 is 9.37. The third kappa shape index (κ3) is 2.30. The number of furan rings is 1. The smallest absolute Gasteiger partial charge is 0.126 e. The molecule has 2 rings (SSSR count). The van der Waals surface area contributed by atoms with Crippen molar-refractivity contribution >= 4 is 27.5 Å². The Morgan fingerprint density at radius 2 is 2.19 bits per heavy atom. The molecule has 0 spiro atoms. The molecule has 3 nitrogen and oxygen atoms in total. The average molecular weight is 302 g/mol. The van der Waals surface area contributed by atoms with Crippen LogP contribution in [0.5, 0.6) is 0 Å². The lowest BCUT2D eigenvalue weighted by Crippen LogP contribution is -2.28. The number of hydrazine groups is 1. The molecule has 1 aromatic carbocycles. The van der Waals surface area contributed by atoms with Crippen LogP contribution in [0.4, 0.5) is 0 Å². The van der Waals surface area contributed by atoms with Crippen molar-refractivity contribution in [1.29, 1.82) is 0 Å². The summed E-state index contributed by atoms with van der Waals surface area (Å²) in [7, 11) is 0. The van der Waals surface area contributed by atoms with Gasteiger partial charge in [0.2, 0.25) is 0 Å². The molecular weight excluding hydrogens is 291 g/mol. The molecule has 0 amide bonds. The molecule has 0 radical (unpaired) electrons. The van der Waals surface area contributed by atoms with E-state index >= 15 is 0 Å². The Kier molecular flexibility index (Phi) is 3.66. The van der Waals surface area contributed by atoms with E-state index in [-0.39, 0.29) is 6.04 Å². The minimum absolute atomic E-state index is 0.194. The van der Waals surface area contributed by atoms with E-state index in [0.29, 0.717) is 5.02 Å². The van der Waals surface area contributed by atoms with Crippen molar-refractivity contribution in [1.82, 2.24) is 5.43 Å². The van der Waals surface area contributed by atoms with E-state index in [9.17, 15) is 0 Å². The van der Waals surface area contributed by atoms with Crippen LogP contribution in [-0.2, 0) is 0 Å². The van der Waals surface area contributed by atoms with Gasteiger partial charge < -0.3 is 4.42 Å². The molecule has 1 heterocycles. The first-order valence-corrected chi connectivity index (χ1v) is 5.84. The number of hydrogen-bond donors (Lipinski definition) is 2. The Bertz CT molecular complexity index is 473. The number of benzene rings is 1. The molecule has 3 N–H and O–H groups in total. The largest absolute Gasteiger partial charge is 0.467 e. The first-order chi connectivity index (χ1) is 7.72. The molecule has 0 saturated heterocycles. The molecule has 1 unspecified atom stereocenters. The van der Waals surface area contributed by atoms with Crippen molar-refractivity contribution in [2.75, 3.05) is 0 Å². The third-order valence-electron chi connectivity index (χ3n) is 2.27. The van der Waals surface area contributed by atoms with E-state index in [0.717, 1.165) is 15.8 Å². The lowest BCUT2D eigenvalue weighted by atomic mass is 10.1. The summed E-state index contributed by atoms with van der Waals surface area (Å²) in [5.41, 5.74) is 3.65. The molecule has 1 aromatic heterocycles. The van der Waals surface area contributed by atoms with Gasteiger partial charge in [-0.2, -0.15) is 0 Å². The molecule has 1 atom stereocenters. The van der Waals surface area contributed by atoms with Crippen molar-refractivity contribution in [2.45, 2.75) is 6.04 Å². The number of nitrogens with one attached hydrogen (secondary N) is 1. The molecule has 0 fully saturated rings. The van der Waals surface area contributed by atoms with E-state index < -0.39 is 0 Å². The molecule has 0 aliphatic heterocycles. The standard InChI is InChI=1S/C11H10BrClN2O/c12-8-4-3-7(6-9(8)13)11(15-14)10-2-1-5-16-10/h1-6,11,15H,14H2. The van der Waals surface area contributed by atoms with Gasteiger partial charge in [0, 0.05) is 4.47 Å². The van der Waals surface area contributed by atoms with Crippen molar-refractivity contribution in [3.05, 3.63) is 57.4 Å². The van der Waals surface area contributed by atoms with Crippen LogP contribution in [-0.4, -0.2) is 0 Å². The van der Waals surface area contributed by atoms with Crippen LogP contribution in [0.3, 0.4) is 0 Å². The Labute approximate surface area is 107 Å². The second-order valence-electron chi connectivity index (χ2n) is 3.29. The summed E-state index contributed by atoms with van der Waals surface area (Å²) in [6.07, 6.45) is 1.61. The highest BCUT2D eigenvalue weighted by Crippen LogP contribution is 2.28. The second kappa shape index (κ2) is 5.01. The first-order valence-electron chi connectivity index (χ1n) is 4.67. The van der Waals surface area contributed by atoms with Crippen LogP contribution >= 0.6 is 27.5 Å². The Morgan fingerprint density at radius 1 is 1.38 bits per heavy atom. The fourth-order valence-corrected chi connectivity index (χ4v) is 1.93. The molecule has 0 bridgehead atoms. The fraction of sp³-hybridized carbons (Fsp3) is 0.0909. The quantitative estimate of drug-likeness (QED) is 0.676. The Morgan fingerprint density at radius 3 is 2.75 bits per heavy atom. The van der Waals surface area contributed by atoms with E-state index in [2.05, 4.69) is 21.4 Å². The number of nitrogens with two attached hydrogens (primary N) is 1. The summed E-state index contributed by atoms with van der Waals surface area (Å²) < 4.78 is 6.17. The molecule has 2 aromatic rings. The van der Waals surface area contributed by atoms with E-state index in [1.54, 1.807) is 6.26 Å². The molecular formula is C11H10BrClN2O. The van der Waals surface area contributed by atoms with Gasteiger partial charge in [-0.3, -0.25) is 5.84 Å². The van der Waals surface area contributed by atoms with Gasteiger partial charge in [0.1, 0.15) is 11.8 Å². The molecule has 16 heavy (non-hydrogen) atoms. The van der Waals surface area contributed by atoms with Gasteiger partial charge in [0.15, 0.2) is 0 Å². The van der Waals surface area contributed by atoms with Gasteiger partial charge in [-0.15, -0.1) is 0 Å². The lowest BCUT2D eigenvalue weighted by Gasteiger charge is -2.14. The molecule has 0 aliphatic rings. The molecule has 0 aliphatic carbocycles. The van der Waals surface area contributed by atoms with Crippen LogP contribution in [0, 0.1) is 0 Å². The van der Waals surface area contributed by atoms with Crippen molar-refractivity contribution < 1.29 is 4.42 Å². The maximum Gasteiger partial charge on any atom is 0.126 e. The first kappa shape index (κ1) is 11.7. The highest BCUT2D eigenvalue weighted by Gasteiger charge is 2.15. The van der Waals surface area contributed by atoms with Crippen molar-refractivity contribution in [2.24, 2.45) is 5.84 Å². The molecule has 5 heteroatoms. The maximum atomic E-state index is 6.03. The fourth-order valence-electron chi connectivity index (χ4n) is 1.49. The van der Waals surface area contributed by atoms with Crippen LogP contribution < -0.4 is 11.3 Å². The molecule has 0 saturated carbocycles. The predicted molar refractivity (Wildman–Crippen MR) is 67.0 cm³/mol. The van der Waals surface area contributed by atoms with Gasteiger partial charge >= 0.3 is 0 Å². The number of rotatable bonds is 3. The Hall–Kier alpha value is -0.810. The van der Waals surface area contributed by atoms with Crippen molar-refractivity contribution in [3.63, 3.8) is 0 Å². The van der Waals surface area contributed by atoms with Crippen LogP contribution in [0.2, 0.25) is 5.02 Å².